The summed E-state index contributed by atoms with van der Waals surface area (Å²) in [5.74, 6) is -0.553. The van der Waals surface area contributed by atoms with Crippen LogP contribution in [0.3, 0.4) is 0 Å². The van der Waals surface area contributed by atoms with Crippen LogP contribution in [0.1, 0.15) is 28.4 Å². The number of carbonyl (C=O) groups excluding carboxylic acids is 3. The molecule has 0 aliphatic rings. The van der Waals surface area contributed by atoms with Crippen LogP contribution < -0.4 is 20.7 Å². The van der Waals surface area contributed by atoms with Crippen molar-refractivity contribution in [3.05, 3.63) is 124 Å². The summed E-state index contributed by atoms with van der Waals surface area (Å²) < 4.78 is 5.30. The fourth-order valence-electron chi connectivity index (χ4n) is 3.95. The minimum atomic E-state index is -0.468. The summed E-state index contributed by atoms with van der Waals surface area (Å²) in [6.07, 6.45) is 1.64. The van der Waals surface area contributed by atoms with Gasteiger partial charge in [0.25, 0.3) is 11.8 Å². The molecule has 0 saturated heterocycles. The number of anilines is 2. The van der Waals surface area contributed by atoms with Gasteiger partial charge < -0.3 is 20.7 Å². The number of methoxy groups -OCH3 is 1. The van der Waals surface area contributed by atoms with E-state index < -0.39 is 11.2 Å². The average molecular weight is 600 g/mol. The lowest BCUT2D eigenvalue weighted by Gasteiger charge is -2.15. The quantitative estimate of drug-likeness (QED) is 0.132. The molecule has 4 aromatic carbocycles. The SMILES string of the molecule is COc1ccc(Cl)cc1NC(=O)C(C)Sc1ccc(NC(=O)/C(=C/c2cccc(C)c2)NC(=O)c2ccccc2)cc1. The zero-order valence-electron chi connectivity index (χ0n) is 23.3. The number of nitrogens with one attached hydrogen (secondary N) is 3. The van der Waals surface area contributed by atoms with Crippen molar-refractivity contribution in [2.45, 2.75) is 24.0 Å². The highest BCUT2D eigenvalue weighted by molar-refractivity contribution is 8.00. The Labute approximate surface area is 254 Å². The van der Waals surface area contributed by atoms with E-state index in [-0.39, 0.29) is 17.5 Å². The highest BCUT2D eigenvalue weighted by Crippen LogP contribution is 2.30. The fourth-order valence-corrected chi connectivity index (χ4v) is 4.99. The molecule has 0 spiro atoms. The van der Waals surface area contributed by atoms with Crippen molar-refractivity contribution in [1.29, 1.82) is 0 Å². The Hall–Kier alpha value is -4.53. The first-order valence-electron chi connectivity index (χ1n) is 13.1. The molecule has 214 valence electrons. The Bertz CT molecular complexity index is 1610. The number of carbonyl (C=O) groups is 3. The predicted molar refractivity (Wildman–Crippen MR) is 170 cm³/mol. The van der Waals surface area contributed by atoms with Crippen LogP contribution >= 0.6 is 23.4 Å². The smallest absolute Gasteiger partial charge is 0.272 e. The molecule has 1 atom stereocenters. The molecule has 1 unspecified atom stereocenters. The van der Waals surface area contributed by atoms with Gasteiger partial charge >= 0.3 is 0 Å². The molecule has 4 aromatic rings. The van der Waals surface area contributed by atoms with Gasteiger partial charge in [0.1, 0.15) is 11.4 Å². The van der Waals surface area contributed by atoms with Crippen LogP contribution in [0.2, 0.25) is 5.02 Å². The average Bonchev–Trinajstić information content (AvgIpc) is 2.98. The summed E-state index contributed by atoms with van der Waals surface area (Å²) in [6.45, 7) is 3.75. The number of benzene rings is 4. The summed E-state index contributed by atoms with van der Waals surface area (Å²) >= 11 is 7.43. The number of thioether (sulfide) groups is 1. The summed E-state index contributed by atoms with van der Waals surface area (Å²) in [7, 11) is 1.52. The molecule has 0 fully saturated rings. The van der Waals surface area contributed by atoms with Crippen LogP contribution in [0.5, 0.6) is 5.75 Å². The van der Waals surface area contributed by atoms with E-state index in [0.29, 0.717) is 27.7 Å². The van der Waals surface area contributed by atoms with Gasteiger partial charge in [-0.1, -0.05) is 59.6 Å². The van der Waals surface area contributed by atoms with Crippen LogP contribution in [0.4, 0.5) is 11.4 Å². The molecular formula is C33H30ClN3O4S. The minimum Gasteiger partial charge on any atom is -0.495 e. The number of rotatable bonds is 10. The molecule has 9 heteroatoms. The molecule has 0 saturated carbocycles. The van der Waals surface area contributed by atoms with E-state index >= 15 is 0 Å². The van der Waals surface area contributed by atoms with Gasteiger partial charge in [-0.2, -0.15) is 0 Å². The second-order valence-electron chi connectivity index (χ2n) is 9.36. The second kappa shape index (κ2) is 14.4. The van der Waals surface area contributed by atoms with Gasteiger partial charge in [0.2, 0.25) is 5.91 Å². The van der Waals surface area contributed by atoms with E-state index in [9.17, 15) is 14.4 Å². The Balaban J connectivity index is 1.43. The van der Waals surface area contributed by atoms with E-state index in [1.165, 1.54) is 18.9 Å². The van der Waals surface area contributed by atoms with Crippen LogP contribution in [-0.2, 0) is 9.59 Å². The summed E-state index contributed by atoms with van der Waals surface area (Å²) in [5.41, 5.74) is 3.38. The topological polar surface area (TPSA) is 96.5 Å². The lowest BCUT2D eigenvalue weighted by molar-refractivity contribution is -0.115. The first kappa shape index (κ1) is 30.4. The number of hydrogen-bond donors (Lipinski definition) is 3. The van der Waals surface area contributed by atoms with Gasteiger partial charge in [0, 0.05) is 21.2 Å². The largest absolute Gasteiger partial charge is 0.495 e. The van der Waals surface area contributed by atoms with E-state index in [1.807, 2.05) is 49.4 Å². The van der Waals surface area contributed by atoms with Crippen molar-refractivity contribution < 1.29 is 19.1 Å². The third-order valence-electron chi connectivity index (χ3n) is 6.10. The van der Waals surface area contributed by atoms with Crippen molar-refractivity contribution in [2.24, 2.45) is 0 Å². The van der Waals surface area contributed by atoms with Crippen LogP contribution in [-0.4, -0.2) is 30.1 Å². The molecule has 0 aromatic heterocycles. The molecular weight excluding hydrogens is 570 g/mol. The lowest BCUT2D eigenvalue weighted by Crippen LogP contribution is -2.30. The number of aryl methyl sites for hydroxylation is 1. The maximum Gasteiger partial charge on any atom is 0.272 e. The van der Waals surface area contributed by atoms with E-state index in [0.717, 1.165) is 16.0 Å². The summed E-state index contributed by atoms with van der Waals surface area (Å²) in [6, 6.07) is 28.5. The fraction of sp³-hybridized carbons (Fsp3) is 0.121. The molecule has 0 aliphatic carbocycles. The van der Waals surface area contributed by atoms with E-state index in [2.05, 4.69) is 16.0 Å². The first-order chi connectivity index (χ1) is 20.2. The van der Waals surface area contributed by atoms with Gasteiger partial charge in [-0.25, -0.2) is 0 Å². The van der Waals surface area contributed by atoms with Gasteiger partial charge in [0.05, 0.1) is 18.0 Å². The molecule has 0 radical (unpaired) electrons. The first-order valence-corrected chi connectivity index (χ1v) is 14.3. The Morgan fingerprint density at radius 1 is 0.881 bits per heavy atom. The number of hydrogen-bond acceptors (Lipinski definition) is 5. The van der Waals surface area contributed by atoms with Gasteiger partial charge in [0.15, 0.2) is 0 Å². The molecule has 3 N–H and O–H groups in total. The highest BCUT2D eigenvalue weighted by Gasteiger charge is 2.18. The predicted octanol–water partition coefficient (Wildman–Crippen LogP) is 7.19. The maximum absolute atomic E-state index is 13.3. The monoisotopic (exact) mass is 599 g/mol. The second-order valence-corrected chi connectivity index (χ2v) is 11.2. The Kier molecular flexibility index (Phi) is 10.4. The number of ether oxygens (including phenoxy) is 1. The third kappa shape index (κ3) is 8.49. The highest BCUT2D eigenvalue weighted by atomic mass is 35.5. The molecule has 4 rings (SSSR count). The third-order valence-corrected chi connectivity index (χ3v) is 7.44. The van der Waals surface area contributed by atoms with Crippen molar-refractivity contribution in [2.75, 3.05) is 17.7 Å². The van der Waals surface area contributed by atoms with Crippen LogP contribution in [0.25, 0.3) is 6.08 Å². The summed E-state index contributed by atoms with van der Waals surface area (Å²) in [5, 5.41) is 8.52. The standard InChI is InChI=1S/C33H30ClN3O4S/c1-21-8-7-9-23(18-21)19-29(37-32(39)24-10-5-4-6-11-24)33(40)35-26-13-15-27(16-14-26)42-22(2)31(38)36-28-20-25(34)12-17-30(28)41-3/h4-20,22H,1-3H3,(H,35,40)(H,36,38)(H,37,39)/b29-19-. The van der Waals surface area contributed by atoms with Gasteiger partial charge in [-0.3, -0.25) is 14.4 Å². The van der Waals surface area contributed by atoms with Crippen molar-refractivity contribution in [1.82, 2.24) is 5.32 Å². The number of halogens is 1. The molecule has 3 amide bonds. The molecule has 42 heavy (non-hydrogen) atoms. The maximum atomic E-state index is 13.3. The normalized spacial score (nSPS) is 11.8. The van der Waals surface area contributed by atoms with Crippen LogP contribution in [0.15, 0.2) is 108 Å². The zero-order valence-corrected chi connectivity index (χ0v) is 24.9. The lowest BCUT2D eigenvalue weighted by atomic mass is 10.1. The zero-order chi connectivity index (χ0) is 30.1. The Morgan fingerprint density at radius 3 is 2.31 bits per heavy atom. The molecule has 0 bridgehead atoms. The minimum absolute atomic E-state index is 0.106. The van der Waals surface area contributed by atoms with Crippen molar-refractivity contribution in [3.8, 4) is 5.75 Å². The Morgan fingerprint density at radius 2 is 1.62 bits per heavy atom. The van der Waals surface area contributed by atoms with Gasteiger partial charge in [-0.15, -0.1) is 11.8 Å². The number of amides is 3. The molecule has 0 aliphatic heterocycles. The van der Waals surface area contributed by atoms with Crippen molar-refractivity contribution >= 4 is 58.5 Å². The van der Waals surface area contributed by atoms with Crippen LogP contribution in [0, 0.1) is 6.92 Å². The summed E-state index contributed by atoms with van der Waals surface area (Å²) in [4.78, 5) is 39.8. The van der Waals surface area contributed by atoms with E-state index in [1.54, 1.807) is 67.6 Å². The molecule has 7 nitrogen and oxygen atoms in total. The van der Waals surface area contributed by atoms with Gasteiger partial charge in [-0.05, 0) is 80.1 Å². The van der Waals surface area contributed by atoms with Crippen molar-refractivity contribution in [3.63, 3.8) is 0 Å². The molecule has 0 heterocycles. The van der Waals surface area contributed by atoms with E-state index in [4.69, 9.17) is 16.3 Å².